The average Bonchev–Trinajstić information content (AvgIpc) is 3.03. The van der Waals surface area contributed by atoms with Crippen molar-refractivity contribution in [1.82, 2.24) is 0 Å². The summed E-state index contributed by atoms with van der Waals surface area (Å²) in [5, 5.41) is 0. The maximum absolute atomic E-state index is 13.5. The summed E-state index contributed by atoms with van der Waals surface area (Å²) in [6.45, 7) is 0. The maximum Gasteiger partial charge on any atom is 0.195 e. The molecule has 0 aliphatic heterocycles. The van der Waals surface area contributed by atoms with Crippen molar-refractivity contribution < 1.29 is 9.18 Å². The van der Waals surface area contributed by atoms with Crippen LogP contribution >= 0.6 is 11.3 Å². The zero-order valence-electron chi connectivity index (χ0n) is 12.4. The Balaban J connectivity index is 1.70. The molecule has 0 atom stereocenters. The highest BCUT2D eigenvalue weighted by Crippen LogP contribution is 2.21. The summed E-state index contributed by atoms with van der Waals surface area (Å²) in [6, 6.07) is 20.3. The fraction of sp³-hybridized carbons (Fsp3) is 0.0500. The highest BCUT2D eigenvalue weighted by atomic mass is 32.1. The number of rotatable bonds is 5. The van der Waals surface area contributed by atoms with Crippen LogP contribution in [-0.2, 0) is 6.42 Å². The molecule has 114 valence electrons. The number of thiophene rings is 1. The van der Waals surface area contributed by atoms with Crippen LogP contribution in [-0.4, -0.2) is 5.78 Å². The van der Waals surface area contributed by atoms with Crippen LogP contribution in [0, 0.1) is 5.82 Å². The molecule has 0 saturated heterocycles. The topological polar surface area (TPSA) is 17.1 Å². The molecule has 1 nitrogen and oxygen atoms in total. The lowest BCUT2D eigenvalue weighted by atomic mass is 10.1. The van der Waals surface area contributed by atoms with Crippen molar-refractivity contribution in [3.8, 4) is 0 Å². The van der Waals surface area contributed by atoms with E-state index < -0.39 is 0 Å². The molecule has 0 bridgehead atoms. The maximum atomic E-state index is 13.5. The van der Waals surface area contributed by atoms with Gasteiger partial charge in [0.25, 0.3) is 0 Å². The molecule has 3 rings (SSSR count). The normalized spacial score (nSPS) is 11.0. The van der Waals surface area contributed by atoms with E-state index >= 15 is 0 Å². The number of carbonyl (C=O) groups excluding carboxylic acids is 1. The molecular weight excluding hydrogens is 307 g/mol. The van der Waals surface area contributed by atoms with Crippen LogP contribution in [0.4, 0.5) is 4.39 Å². The number of hydrogen-bond acceptors (Lipinski definition) is 2. The third-order valence-electron chi connectivity index (χ3n) is 3.45. The Morgan fingerprint density at radius 2 is 1.70 bits per heavy atom. The van der Waals surface area contributed by atoms with Gasteiger partial charge in [0.05, 0.1) is 4.88 Å². The number of benzene rings is 2. The minimum absolute atomic E-state index is 0.0995. The van der Waals surface area contributed by atoms with Gasteiger partial charge in [-0.2, -0.15) is 0 Å². The van der Waals surface area contributed by atoms with E-state index in [1.807, 2.05) is 30.3 Å². The second kappa shape index (κ2) is 7.16. The van der Waals surface area contributed by atoms with Crippen molar-refractivity contribution in [2.24, 2.45) is 0 Å². The van der Waals surface area contributed by atoms with Crippen LogP contribution in [0.2, 0.25) is 0 Å². The summed E-state index contributed by atoms with van der Waals surface area (Å²) in [6.07, 6.45) is 3.76. The second-order valence-electron chi connectivity index (χ2n) is 5.15. The van der Waals surface area contributed by atoms with E-state index in [9.17, 15) is 9.18 Å². The highest BCUT2D eigenvalue weighted by molar-refractivity contribution is 7.14. The Hall–Kier alpha value is -2.52. The minimum Gasteiger partial charge on any atom is -0.288 e. The number of ketones is 1. The summed E-state index contributed by atoms with van der Waals surface area (Å²) in [4.78, 5) is 14.0. The van der Waals surface area contributed by atoms with Gasteiger partial charge < -0.3 is 0 Å². The first kappa shape index (κ1) is 15.4. The van der Waals surface area contributed by atoms with Gasteiger partial charge in [-0.1, -0.05) is 48.5 Å². The SMILES string of the molecule is O=C(/C=C/c1ccccc1F)c1ccc(Cc2ccccc2)s1. The standard InChI is InChI=1S/C20H15FOS/c21-18-9-5-4-8-16(18)10-12-19(22)20-13-11-17(23-20)14-15-6-2-1-3-7-15/h1-13H,14H2/b12-10+. The van der Waals surface area contributed by atoms with Crippen LogP contribution in [0.25, 0.3) is 6.08 Å². The molecule has 0 amide bonds. The second-order valence-corrected chi connectivity index (χ2v) is 6.32. The molecule has 0 aliphatic carbocycles. The van der Waals surface area contributed by atoms with Gasteiger partial charge in [-0.15, -0.1) is 11.3 Å². The van der Waals surface area contributed by atoms with E-state index in [-0.39, 0.29) is 11.6 Å². The lowest BCUT2D eigenvalue weighted by molar-refractivity contribution is 0.105. The molecule has 0 saturated carbocycles. The first-order valence-electron chi connectivity index (χ1n) is 7.32. The highest BCUT2D eigenvalue weighted by Gasteiger charge is 2.07. The number of halogens is 1. The summed E-state index contributed by atoms with van der Waals surface area (Å²) in [5.74, 6) is -0.426. The van der Waals surface area contributed by atoms with Gasteiger partial charge in [0.2, 0.25) is 0 Å². The fourth-order valence-electron chi connectivity index (χ4n) is 2.26. The molecule has 0 spiro atoms. The molecule has 23 heavy (non-hydrogen) atoms. The van der Waals surface area contributed by atoms with Crippen molar-refractivity contribution in [3.63, 3.8) is 0 Å². The van der Waals surface area contributed by atoms with Gasteiger partial charge in [0.15, 0.2) is 5.78 Å². The summed E-state index contributed by atoms with van der Waals surface area (Å²) in [5.41, 5.74) is 1.64. The van der Waals surface area contributed by atoms with Crippen LogP contribution < -0.4 is 0 Å². The van der Waals surface area contributed by atoms with Gasteiger partial charge in [0, 0.05) is 16.9 Å². The number of allylic oxidation sites excluding steroid dienone is 1. The molecule has 2 aromatic carbocycles. The quantitative estimate of drug-likeness (QED) is 0.455. The number of hydrogen-bond donors (Lipinski definition) is 0. The Morgan fingerprint density at radius 3 is 2.48 bits per heavy atom. The van der Waals surface area contributed by atoms with E-state index in [1.165, 1.54) is 35.1 Å². The van der Waals surface area contributed by atoms with Gasteiger partial charge in [-0.3, -0.25) is 4.79 Å². The Bertz CT molecular complexity index is 834. The van der Waals surface area contributed by atoms with Gasteiger partial charge in [-0.05, 0) is 35.9 Å². The van der Waals surface area contributed by atoms with Crippen molar-refractivity contribution in [2.45, 2.75) is 6.42 Å². The van der Waals surface area contributed by atoms with Gasteiger partial charge in [-0.25, -0.2) is 4.39 Å². The fourth-order valence-corrected chi connectivity index (χ4v) is 3.22. The molecule has 0 unspecified atom stereocenters. The van der Waals surface area contributed by atoms with Crippen LogP contribution in [0.5, 0.6) is 0 Å². The smallest absolute Gasteiger partial charge is 0.195 e. The predicted molar refractivity (Wildman–Crippen MR) is 93.3 cm³/mol. The lowest BCUT2D eigenvalue weighted by Gasteiger charge is -1.97. The third kappa shape index (κ3) is 4.02. The van der Waals surface area contributed by atoms with Crippen molar-refractivity contribution in [2.75, 3.05) is 0 Å². The first-order chi connectivity index (χ1) is 11.2. The Kier molecular flexibility index (Phi) is 4.79. The zero-order chi connectivity index (χ0) is 16.1. The van der Waals surface area contributed by atoms with E-state index in [4.69, 9.17) is 0 Å². The lowest BCUT2D eigenvalue weighted by Crippen LogP contribution is -1.89. The minimum atomic E-state index is -0.326. The van der Waals surface area contributed by atoms with Gasteiger partial charge >= 0.3 is 0 Å². The van der Waals surface area contributed by atoms with Crippen LogP contribution in [0.3, 0.4) is 0 Å². The molecule has 3 aromatic rings. The molecule has 0 aliphatic rings. The van der Waals surface area contributed by atoms with E-state index in [0.717, 1.165) is 11.3 Å². The zero-order valence-corrected chi connectivity index (χ0v) is 13.2. The Morgan fingerprint density at radius 1 is 0.957 bits per heavy atom. The molecule has 1 aromatic heterocycles. The van der Waals surface area contributed by atoms with E-state index in [1.54, 1.807) is 18.2 Å². The third-order valence-corrected chi connectivity index (χ3v) is 4.54. The Labute approximate surface area is 138 Å². The summed E-state index contributed by atoms with van der Waals surface area (Å²) >= 11 is 1.48. The summed E-state index contributed by atoms with van der Waals surface area (Å²) < 4.78 is 13.5. The van der Waals surface area contributed by atoms with Crippen molar-refractivity contribution in [3.05, 3.63) is 99.5 Å². The van der Waals surface area contributed by atoms with Crippen LogP contribution in [0.1, 0.15) is 25.7 Å². The van der Waals surface area contributed by atoms with Crippen LogP contribution in [0.15, 0.2) is 72.8 Å². The predicted octanol–water partition coefficient (Wildman–Crippen LogP) is 5.37. The van der Waals surface area contributed by atoms with E-state index in [2.05, 4.69) is 12.1 Å². The van der Waals surface area contributed by atoms with Crippen molar-refractivity contribution >= 4 is 23.2 Å². The molecular formula is C20H15FOS. The first-order valence-corrected chi connectivity index (χ1v) is 8.13. The average molecular weight is 322 g/mol. The van der Waals surface area contributed by atoms with Gasteiger partial charge in [0.1, 0.15) is 5.82 Å². The molecule has 3 heteroatoms. The monoisotopic (exact) mass is 322 g/mol. The summed E-state index contributed by atoms with van der Waals surface area (Å²) in [7, 11) is 0. The largest absolute Gasteiger partial charge is 0.288 e. The number of carbonyl (C=O) groups is 1. The molecule has 0 radical (unpaired) electrons. The van der Waals surface area contributed by atoms with E-state index in [0.29, 0.717) is 10.4 Å². The molecule has 0 fully saturated rings. The van der Waals surface area contributed by atoms with Crippen molar-refractivity contribution in [1.29, 1.82) is 0 Å². The molecule has 1 heterocycles. The molecule has 0 N–H and O–H groups in total.